The first kappa shape index (κ1) is 20.8. The number of halogens is 1. The lowest BCUT2D eigenvalue weighted by Crippen LogP contribution is -2.45. The van der Waals surface area contributed by atoms with Crippen LogP contribution in [0.3, 0.4) is 0 Å². The summed E-state index contributed by atoms with van der Waals surface area (Å²) in [5.41, 5.74) is 2.23. The van der Waals surface area contributed by atoms with E-state index >= 15 is 0 Å². The lowest BCUT2D eigenvalue weighted by Gasteiger charge is -2.31. The molecule has 0 amide bonds. The molecule has 2 fully saturated rings. The summed E-state index contributed by atoms with van der Waals surface area (Å²) < 4.78 is 0. The number of fused-ring (bicyclic) bond motifs is 1. The highest BCUT2D eigenvalue weighted by Crippen LogP contribution is 2.26. The van der Waals surface area contributed by atoms with Crippen LogP contribution in [-0.2, 0) is 6.54 Å². The maximum atomic E-state index is 6.02. The smallest absolute Gasteiger partial charge is 0.0918 e. The normalized spacial score (nSPS) is 20.0. The average molecular weight is 401 g/mol. The summed E-state index contributed by atoms with van der Waals surface area (Å²) in [6.07, 6.45) is 8.72. The number of H-pyrrole nitrogens is 1. The molecule has 0 spiro atoms. The van der Waals surface area contributed by atoms with Crippen LogP contribution in [0.2, 0.25) is 5.02 Å². The van der Waals surface area contributed by atoms with E-state index in [0.717, 1.165) is 46.4 Å². The summed E-state index contributed by atoms with van der Waals surface area (Å²) in [6.45, 7) is 10.8. The van der Waals surface area contributed by atoms with Gasteiger partial charge in [-0.15, -0.1) is 6.58 Å². The van der Waals surface area contributed by atoms with Crippen molar-refractivity contribution in [2.75, 3.05) is 20.1 Å². The van der Waals surface area contributed by atoms with Crippen molar-refractivity contribution in [1.29, 1.82) is 0 Å². The third kappa shape index (κ3) is 6.05. The van der Waals surface area contributed by atoms with Crippen molar-refractivity contribution in [1.82, 2.24) is 20.5 Å². The van der Waals surface area contributed by atoms with Gasteiger partial charge in [0, 0.05) is 34.2 Å². The van der Waals surface area contributed by atoms with Gasteiger partial charge in [0.2, 0.25) is 0 Å². The zero-order valence-corrected chi connectivity index (χ0v) is 17.7. The Labute approximate surface area is 174 Å². The number of aromatic nitrogens is 1. The molecule has 152 valence electrons. The number of allylic oxidation sites excluding steroid dienone is 1. The first-order valence-corrected chi connectivity index (χ1v) is 10.7. The molecular weight excluding hydrogens is 368 g/mol. The summed E-state index contributed by atoms with van der Waals surface area (Å²) in [4.78, 5) is 5.75. The van der Waals surface area contributed by atoms with Gasteiger partial charge < -0.3 is 20.5 Å². The van der Waals surface area contributed by atoms with Gasteiger partial charge in [-0.25, -0.2) is 0 Å². The van der Waals surface area contributed by atoms with E-state index in [9.17, 15) is 0 Å². The lowest BCUT2D eigenvalue weighted by atomic mass is 9.86. The minimum Gasteiger partial charge on any atom is -0.368 e. The first-order chi connectivity index (χ1) is 13.5. The molecule has 1 saturated heterocycles. The molecule has 1 unspecified atom stereocenters. The van der Waals surface area contributed by atoms with Crippen LogP contribution in [0.4, 0.5) is 0 Å². The van der Waals surface area contributed by atoms with E-state index in [2.05, 4.69) is 52.9 Å². The summed E-state index contributed by atoms with van der Waals surface area (Å²) in [5, 5.41) is 8.73. The fraction of sp³-hybridized carbons (Fsp3) is 0.478. The average Bonchev–Trinajstić information content (AvgIpc) is 3.01. The Balaban J connectivity index is 0.000000320. The van der Waals surface area contributed by atoms with E-state index in [4.69, 9.17) is 11.6 Å². The van der Waals surface area contributed by atoms with Gasteiger partial charge in [-0.05, 0) is 69.5 Å². The van der Waals surface area contributed by atoms with Gasteiger partial charge in [0.15, 0.2) is 0 Å². The van der Waals surface area contributed by atoms with Gasteiger partial charge in [0.05, 0.1) is 12.4 Å². The zero-order chi connectivity index (χ0) is 19.9. The van der Waals surface area contributed by atoms with Crippen molar-refractivity contribution in [2.45, 2.75) is 44.7 Å². The molecule has 1 aromatic carbocycles. The zero-order valence-electron chi connectivity index (χ0n) is 16.9. The van der Waals surface area contributed by atoms with Gasteiger partial charge >= 0.3 is 0 Å². The predicted molar refractivity (Wildman–Crippen MR) is 120 cm³/mol. The second-order valence-electron chi connectivity index (χ2n) is 8.03. The number of hydrogen-bond donors (Lipinski definition) is 3. The standard InChI is InChI=1S/C17H23ClN4.C6H10/c1-12(20-15-4-3-7-22(2)11-15)19-10-16-9-13-8-14(18)5-6-17(13)21-16;1-2-6-4-3-5-6/h5-6,8-9,15,19-21H,1,3-4,7,10-11H2,2H3;2,6H,1,3-5H2. The van der Waals surface area contributed by atoms with Gasteiger partial charge in [-0.3, -0.25) is 0 Å². The Morgan fingerprint density at radius 3 is 2.75 bits per heavy atom. The number of nitrogens with one attached hydrogen (secondary N) is 3. The molecule has 4 rings (SSSR count). The number of piperidine rings is 1. The summed E-state index contributed by atoms with van der Waals surface area (Å²) in [6, 6.07) is 8.49. The van der Waals surface area contributed by atoms with Crippen LogP contribution in [-0.4, -0.2) is 36.1 Å². The molecule has 1 aliphatic carbocycles. The molecule has 1 atom stereocenters. The second-order valence-corrected chi connectivity index (χ2v) is 8.47. The van der Waals surface area contributed by atoms with Crippen molar-refractivity contribution in [2.24, 2.45) is 5.92 Å². The number of likely N-dealkylation sites (N-methyl/N-ethyl adjacent to an activating group) is 1. The molecule has 3 N–H and O–H groups in total. The number of likely N-dealkylation sites (tertiary alicyclic amines) is 1. The summed E-state index contributed by atoms with van der Waals surface area (Å²) in [7, 11) is 2.17. The monoisotopic (exact) mass is 400 g/mol. The molecule has 2 heterocycles. The molecule has 0 radical (unpaired) electrons. The third-order valence-electron chi connectivity index (χ3n) is 5.62. The van der Waals surface area contributed by atoms with Crippen molar-refractivity contribution >= 4 is 22.5 Å². The number of aromatic amines is 1. The molecule has 4 nitrogen and oxygen atoms in total. The number of rotatable bonds is 6. The Bertz CT molecular complexity index is 793. The Morgan fingerprint density at radius 2 is 2.11 bits per heavy atom. The van der Waals surface area contributed by atoms with Crippen LogP contribution in [0, 0.1) is 5.92 Å². The fourth-order valence-electron chi connectivity index (χ4n) is 3.72. The van der Waals surface area contributed by atoms with Crippen molar-refractivity contribution in [3.63, 3.8) is 0 Å². The quantitative estimate of drug-likeness (QED) is 0.595. The topological polar surface area (TPSA) is 43.1 Å². The molecule has 2 aliphatic rings. The Hall–Kier alpha value is -1.91. The molecular formula is C23H33ClN4. The van der Waals surface area contributed by atoms with E-state index in [0.29, 0.717) is 6.04 Å². The maximum absolute atomic E-state index is 6.02. The third-order valence-corrected chi connectivity index (χ3v) is 5.85. The Morgan fingerprint density at radius 1 is 1.29 bits per heavy atom. The van der Waals surface area contributed by atoms with E-state index < -0.39 is 0 Å². The molecule has 1 aromatic heterocycles. The number of benzene rings is 1. The largest absolute Gasteiger partial charge is 0.368 e. The number of nitrogens with zero attached hydrogens (tertiary/aromatic N) is 1. The van der Waals surface area contributed by atoms with E-state index in [1.54, 1.807) is 0 Å². The molecule has 2 aromatic rings. The van der Waals surface area contributed by atoms with Crippen LogP contribution in [0.15, 0.2) is 49.3 Å². The van der Waals surface area contributed by atoms with E-state index in [1.165, 1.54) is 38.6 Å². The Kier molecular flexibility index (Phi) is 7.46. The lowest BCUT2D eigenvalue weighted by molar-refractivity contribution is 0.233. The molecule has 1 aliphatic heterocycles. The van der Waals surface area contributed by atoms with Gasteiger partial charge in [0.1, 0.15) is 0 Å². The van der Waals surface area contributed by atoms with E-state index in [1.807, 2.05) is 18.2 Å². The predicted octanol–water partition coefficient (Wildman–Crippen LogP) is 5.04. The van der Waals surface area contributed by atoms with Crippen molar-refractivity contribution in [3.8, 4) is 0 Å². The van der Waals surface area contributed by atoms with Crippen LogP contribution < -0.4 is 10.6 Å². The SMILES string of the molecule is C=C(NCc1cc2cc(Cl)ccc2[nH]1)NC1CCCN(C)C1.C=CC1CCC1. The minimum atomic E-state index is 0.486. The van der Waals surface area contributed by atoms with Crippen LogP contribution in [0.5, 0.6) is 0 Å². The van der Waals surface area contributed by atoms with Crippen LogP contribution >= 0.6 is 11.6 Å². The fourth-order valence-corrected chi connectivity index (χ4v) is 3.90. The highest BCUT2D eigenvalue weighted by atomic mass is 35.5. The molecule has 28 heavy (non-hydrogen) atoms. The van der Waals surface area contributed by atoms with Gasteiger partial charge in [0.25, 0.3) is 0 Å². The molecule has 1 saturated carbocycles. The summed E-state index contributed by atoms with van der Waals surface area (Å²) in [5.74, 6) is 1.77. The van der Waals surface area contributed by atoms with Crippen molar-refractivity contribution in [3.05, 3.63) is 60.0 Å². The highest BCUT2D eigenvalue weighted by Gasteiger charge is 2.17. The maximum Gasteiger partial charge on any atom is 0.0918 e. The summed E-state index contributed by atoms with van der Waals surface area (Å²) >= 11 is 6.02. The molecule has 5 heteroatoms. The number of hydrogen-bond acceptors (Lipinski definition) is 3. The first-order valence-electron chi connectivity index (χ1n) is 10.3. The van der Waals surface area contributed by atoms with Crippen molar-refractivity contribution < 1.29 is 0 Å². The van der Waals surface area contributed by atoms with Gasteiger partial charge in [-0.1, -0.05) is 30.7 Å². The van der Waals surface area contributed by atoms with Crippen LogP contribution in [0.25, 0.3) is 10.9 Å². The molecule has 0 bridgehead atoms. The highest BCUT2D eigenvalue weighted by molar-refractivity contribution is 6.31. The van der Waals surface area contributed by atoms with E-state index in [-0.39, 0.29) is 0 Å². The van der Waals surface area contributed by atoms with Crippen LogP contribution in [0.1, 0.15) is 37.8 Å². The van der Waals surface area contributed by atoms with Gasteiger partial charge in [-0.2, -0.15) is 0 Å². The minimum absolute atomic E-state index is 0.486. The second kappa shape index (κ2) is 10.0.